The Kier molecular flexibility index (Phi) is 2.30. The van der Waals surface area contributed by atoms with E-state index in [0.717, 1.165) is 30.2 Å². The van der Waals surface area contributed by atoms with Gasteiger partial charge in [0.1, 0.15) is 5.52 Å². The van der Waals surface area contributed by atoms with Crippen LogP contribution in [0.25, 0.3) is 21.8 Å². The van der Waals surface area contributed by atoms with Crippen molar-refractivity contribution in [3.63, 3.8) is 0 Å². The highest BCUT2D eigenvalue weighted by atomic mass is 16.6. The molecule has 2 aromatic heterocycles. The maximum Gasteiger partial charge on any atom is 0.279 e. The van der Waals surface area contributed by atoms with Gasteiger partial charge in [0.05, 0.1) is 15.8 Å². The van der Waals surface area contributed by atoms with Crippen LogP contribution in [0.1, 0.15) is 24.1 Å². The van der Waals surface area contributed by atoms with Crippen LogP contribution in [-0.2, 0) is 12.8 Å². The Labute approximate surface area is 114 Å². The summed E-state index contributed by atoms with van der Waals surface area (Å²) in [6, 6.07) is 5.21. The van der Waals surface area contributed by atoms with E-state index in [2.05, 4.69) is 9.97 Å². The molecule has 2 heterocycles. The number of hydrogen-bond acceptors (Lipinski definition) is 3. The summed E-state index contributed by atoms with van der Waals surface area (Å²) >= 11 is 0. The van der Waals surface area contributed by atoms with Crippen LogP contribution < -0.4 is 0 Å². The molecule has 5 nitrogen and oxygen atoms in total. The summed E-state index contributed by atoms with van der Waals surface area (Å²) in [5.74, 6) is 0. The van der Waals surface area contributed by atoms with E-state index in [1.54, 1.807) is 24.4 Å². The normalized spacial score (nSPS) is 14.6. The van der Waals surface area contributed by atoms with Crippen LogP contribution >= 0.6 is 0 Å². The van der Waals surface area contributed by atoms with Gasteiger partial charge >= 0.3 is 0 Å². The highest BCUT2D eigenvalue weighted by Crippen LogP contribution is 2.36. The summed E-state index contributed by atoms with van der Waals surface area (Å²) in [5, 5.41) is 12.9. The summed E-state index contributed by atoms with van der Waals surface area (Å²) in [4.78, 5) is 18.8. The van der Waals surface area contributed by atoms with Crippen molar-refractivity contribution in [3.05, 3.63) is 45.8 Å². The van der Waals surface area contributed by atoms with Gasteiger partial charge in [-0.05, 0) is 43.4 Å². The molecule has 0 aliphatic heterocycles. The number of aryl methyl sites for hydroxylation is 2. The lowest BCUT2D eigenvalue weighted by Crippen LogP contribution is -2.00. The molecule has 4 rings (SSSR count). The number of nitro benzene ring substituents is 1. The minimum absolute atomic E-state index is 0.146. The molecule has 0 bridgehead atoms. The van der Waals surface area contributed by atoms with E-state index in [9.17, 15) is 10.1 Å². The predicted octanol–water partition coefficient (Wildman–Crippen LogP) is 3.50. The third-order valence-electron chi connectivity index (χ3n) is 4.14. The molecule has 3 aromatic rings. The zero-order chi connectivity index (χ0) is 13.7. The van der Waals surface area contributed by atoms with Gasteiger partial charge in [0.15, 0.2) is 0 Å². The molecule has 5 heteroatoms. The van der Waals surface area contributed by atoms with Gasteiger partial charge in [0.2, 0.25) is 0 Å². The lowest BCUT2D eigenvalue weighted by atomic mass is 9.95. The summed E-state index contributed by atoms with van der Waals surface area (Å²) in [7, 11) is 0. The number of nitrogens with zero attached hydrogens (tertiary/aromatic N) is 2. The van der Waals surface area contributed by atoms with Crippen molar-refractivity contribution in [2.24, 2.45) is 0 Å². The molecule has 0 amide bonds. The van der Waals surface area contributed by atoms with E-state index in [-0.39, 0.29) is 10.6 Å². The Morgan fingerprint density at radius 1 is 1.25 bits per heavy atom. The number of nitro groups is 1. The maximum atomic E-state index is 11.3. The first-order valence-electron chi connectivity index (χ1n) is 6.81. The SMILES string of the molecule is O=[N+]([O-])c1cc2c3c([nH]c2c2ncccc12)CCCC3. The fraction of sp³-hybridized carbons (Fsp3) is 0.267. The smallest absolute Gasteiger partial charge is 0.279 e. The third-order valence-corrected chi connectivity index (χ3v) is 4.14. The summed E-state index contributed by atoms with van der Waals surface area (Å²) in [5.41, 5.74) is 4.25. The Hall–Kier alpha value is -2.43. The molecule has 1 aliphatic rings. The molecule has 0 atom stereocenters. The second kappa shape index (κ2) is 4.03. The van der Waals surface area contributed by atoms with Gasteiger partial charge in [0, 0.05) is 23.3 Å². The Bertz CT molecular complexity index is 851. The first-order chi connectivity index (χ1) is 9.75. The second-order valence-corrected chi connectivity index (χ2v) is 5.26. The average molecular weight is 267 g/mol. The first kappa shape index (κ1) is 11.4. The van der Waals surface area contributed by atoms with Gasteiger partial charge in [-0.1, -0.05) is 0 Å². The predicted molar refractivity (Wildman–Crippen MR) is 76.9 cm³/mol. The Balaban J connectivity index is 2.19. The average Bonchev–Trinajstić information content (AvgIpc) is 2.85. The molecule has 100 valence electrons. The fourth-order valence-corrected chi connectivity index (χ4v) is 3.23. The number of non-ortho nitro benzene ring substituents is 1. The third kappa shape index (κ3) is 1.46. The van der Waals surface area contributed by atoms with E-state index in [0.29, 0.717) is 10.9 Å². The highest BCUT2D eigenvalue weighted by molar-refractivity contribution is 6.09. The quantitative estimate of drug-likeness (QED) is 0.541. The standard InChI is InChI=1S/C15H13N3O2/c19-18(20)13-8-11-9-4-1-2-6-12(9)17-15(11)14-10(13)5-3-7-16-14/h3,5,7-8,17H,1-2,4,6H2. The van der Waals surface area contributed by atoms with Gasteiger partial charge in [-0.15, -0.1) is 0 Å². The fourth-order valence-electron chi connectivity index (χ4n) is 3.23. The molecule has 0 saturated heterocycles. The first-order valence-corrected chi connectivity index (χ1v) is 6.81. The molecule has 0 saturated carbocycles. The van der Waals surface area contributed by atoms with Crippen molar-refractivity contribution >= 4 is 27.5 Å². The number of hydrogen-bond donors (Lipinski definition) is 1. The van der Waals surface area contributed by atoms with E-state index >= 15 is 0 Å². The molecule has 0 radical (unpaired) electrons. The molecule has 1 aromatic carbocycles. The number of fused-ring (bicyclic) bond motifs is 5. The highest BCUT2D eigenvalue weighted by Gasteiger charge is 2.22. The topological polar surface area (TPSA) is 71.8 Å². The number of H-pyrrole nitrogens is 1. The van der Waals surface area contributed by atoms with Crippen LogP contribution in [0.5, 0.6) is 0 Å². The molecular weight excluding hydrogens is 254 g/mol. The molecule has 1 aliphatic carbocycles. The molecular formula is C15H13N3O2. The van der Waals surface area contributed by atoms with Gasteiger partial charge in [-0.2, -0.15) is 0 Å². The van der Waals surface area contributed by atoms with E-state index in [4.69, 9.17) is 0 Å². The molecule has 0 spiro atoms. The molecule has 0 fully saturated rings. The lowest BCUT2D eigenvalue weighted by molar-refractivity contribution is -0.382. The minimum atomic E-state index is -0.314. The number of aromatic amines is 1. The monoisotopic (exact) mass is 267 g/mol. The molecule has 1 N–H and O–H groups in total. The molecule has 0 unspecified atom stereocenters. The van der Waals surface area contributed by atoms with E-state index < -0.39 is 0 Å². The summed E-state index contributed by atoms with van der Waals surface area (Å²) < 4.78 is 0. The van der Waals surface area contributed by atoms with Crippen LogP contribution in [0.15, 0.2) is 24.4 Å². The van der Waals surface area contributed by atoms with Crippen molar-refractivity contribution in [1.82, 2.24) is 9.97 Å². The van der Waals surface area contributed by atoms with E-state index in [1.165, 1.54) is 17.7 Å². The van der Waals surface area contributed by atoms with Crippen molar-refractivity contribution in [1.29, 1.82) is 0 Å². The van der Waals surface area contributed by atoms with Crippen LogP contribution in [0, 0.1) is 10.1 Å². The van der Waals surface area contributed by atoms with Gasteiger partial charge in [-0.3, -0.25) is 15.1 Å². The van der Waals surface area contributed by atoms with Gasteiger partial charge in [-0.25, -0.2) is 0 Å². The maximum absolute atomic E-state index is 11.3. The van der Waals surface area contributed by atoms with E-state index in [1.807, 2.05) is 0 Å². The summed E-state index contributed by atoms with van der Waals surface area (Å²) in [6.45, 7) is 0. The van der Waals surface area contributed by atoms with Crippen LogP contribution in [-0.4, -0.2) is 14.9 Å². The largest absolute Gasteiger partial charge is 0.356 e. The van der Waals surface area contributed by atoms with Crippen molar-refractivity contribution < 1.29 is 4.92 Å². The number of benzene rings is 1. The Morgan fingerprint density at radius 3 is 2.95 bits per heavy atom. The summed E-state index contributed by atoms with van der Waals surface area (Å²) in [6.07, 6.45) is 6.02. The Morgan fingerprint density at radius 2 is 2.10 bits per heavy atom. The minimum Gasteiger partial charge on any atom is -0.356 e. The molecule has 20 heavy (non-hydrogen) atoms. The zero-order valence-electron chi connectivity index (χ0n) is 10.8. The van der Waals surface area contributed by atoms with Crippen molar-refractivity contribution in [3.8, 4) is 0 Å². The van der Waals surface area contributed by atoms with Gasteiger partial charge in [0.25, 0.3) is 5.69 Å². The van der Waals surface area contributed by atoms with Crippen LogP contribution in [0.2, 0.25) is 0 Å². The second-order valence-electron chi connectivity index (χ2n) is 5.26. The van der Waals surface area contributed by atoms with Crippen molar-refractivity contribution in [2.75, 3.05) is 0 Å². The number of nitrogens with one attached hydrogen (secondary N) is 1. The van der Waals surface area contributed by atoms with Crippen LogP contribution in [0.3, 0.4) is 0 Å². The van der Waals surface area contributed by atoms with Crippen molar-refractivity contribution in [2.45, 2.75) is 25.7 Å². The number of aromatic nitrogens is 2. The number of pyridine rings is 1. The zero-order valence-corrected chi connectivity index (χ0v) is 10.8. The number of rotatable bonds is 1. The van der Waals surface area contributed by atoms with Gasteiger partial charge < -0.3 is 4.98 Å². The van der Waals surface area contributed by atoms with Crippen LogP contribution in [0.4, 0.5) is 5.69 Å². The lowest BCUT2D eigenvalue weighted by Gasteiger charge is -2.10.